The fourth-order valence-corrected chi connectivity index (χ4v) is 0.342. The van der Waals surface area contributed by atoms with Gasteiger partial charge in [-0.3, -0.25) is 0 Å². The molecule has 0 spiro atoms. The van der Waals surface area contributed by atoms with E-state index in [2.05, 4.69) is 9.47 Å². The van der Waals surface area contributed by atoms with Crippen LogP contribution in [0.2, 0.25) is 0 Å². The second-order valence-corrected chi connectivity index (χ2v) is 2.83. The molecule has 0 radical (unpaired) electrons. The smallest absolute Gasteiger partial charge is 0.449 e. The third-order valence-corrected chi connectivity index (χ3v) is 0.560. The third kappa shape index (κ3) is 6.63. The minimum atomic E-state index is -1.67. The van der Waals surface area contributed by atoms with Gasteiger partial charge in [-0.05, 0) is 20.8 Å². The van der Waals surface area contributed by atoms with E-state index in [0.717, 1.165) is 0 Å². The second kappa shape index (κ2) is 3.23. The molecular formula is C6H10O5. The van der Waals surface area contributed by atoms with Crippen molar-refractivity contribution in [2.24, 2.45) is 0 Å². The summed E-state index contributed by atoms with van der Waals surface area (Å²) < 4.78 is 8.19. The number of carbonyl (C=O) groups is 2. The van der Waals surface area contributed by atoms with E-state index in [4.69, 9.17) is 5.11 Å². The molecule has 0 atom stereocenters. The van der Waals surface area contributed by atoms with Crippen LogP contribution in [0.25, 0.3) is 0 Å². The van der Waals surface area contributed by atoms with Gasteiger partial charge in [0.2, 0.25) is 0 Å². The van der Waals surface area contributed by atoms with Crippen LogP contribution in [0.4, 0.5) is 9.59 Å². The zero-order chi connectivity index (χ0) is 9.07. The van der Waals surface area contributed by atoms with E-state index in [-0.39, 0.29) is 0 Å². The third-order valence-electron chi connectivity index (χ3n) is 0.560. The molecule has 0 aromatic carbocycles. The van der Waals surface area contributed by atoms with Crippen molar-refractivity contribution in [2.75, 3.05) is 0 Å². The van der Waals surface area contributed by atoms with Crippen LogP contribution in [0.15, 0.2) is 0 Å². The number of ether oxygens (including phenoxy) is 2. The molecule has 0 unspecified atom stereocenters. The predicted octanol–water partition coefficient (Wildman–Crippen LogP) is 1.62. The number of carbonyl (C=O) groups excluding carboxylic acids is 1. The summed E-state index contributed by atoms with van der Waals surface area (Å²) >= 11 is 0. The highest BCUT2D eigenvalue weighted by Crippen LogP contribution is 2.07. The molecule has 0 aliphatic rings. The fraction of sp³-hybridized carbons (Fsp3) is 0.667. The van der Waals surface area contributed by atoms with Crippen molar-refractivity contribution in [3.8, 4) is 0 Å². The van der Waals surface area contributed by atoms with Gasteiger partial charge in [0.25, 0.3) is 0 Å². The summed E-state index contributed by atoms with van der Waals surface area (Å²) in [6, 6.07) is 0. The summed E-state index contributed by atoms with van der Waals surface area (Å²) in [5.74, 6) is 0. The molecule has 0 aliphatic heterocycles. The van der Waals surface area contributed by atoms with E-state index in [1.165, 1.54) is 0 Å². The second-order valence-electron chi connectivity index (χ2n) is 2.83. The Bertz CT molecular complexity index is 166. The van der Waals surface area contributed by atoms with Crippen LogP contribution < -0.4 is 0 Å². The molecule has 0 aromatic heterocycles. The largest absolute Gasteiger partial charge is 0.519 e. The molecule has 0 heterocycles. The Morgan fingerprint density at radius 3 is 2.00 bits per heavy atom. The van der Waals surface area contributed by atoms with Gasteiger partial charge in [-0.2, -0.15) is 0 Å². The SMILES string of the molecule is CC(C)(C)OC(=O)OC(=O)O. The van der Waals surface area contributed by atoms with Crippen LogP contribution in [0.5, 0.6) is 0 Å². The van der Waals surface area contributed by atoms with Crippen LogP contribution in [-0.2, 0) is 9.47 Å². The van der Waals surface area contributed by atoms with Crippen LogP contribution in [0.1, 0.15) is 20.8 Å². The zero-order valence-corrected chi connectivity index (χ0v) is 6.58. The maximum atomic E-state index is 10.4. The van der Waals surface area contributed by atoms with E-state index >= 15 is 0 Å². The lowest BCUT2D eigenvalue weighted by molar-refractivity contribution is -0.0000998. The molecule has 0 saturated carbocycles. The number of hydrogen-bond donors (Lipinski definition) is 1. The first-order chi connectivity index (χ1) is 4.81. The van der Waals surface area contributed by atoms with Gasteiger partial charge in [0.05, 0.1) is 0 Å². The standard InChI is InChI=1S/C6H10O5/c1-6(2,3)11-5(9)10-4(7)8/h1-3H3,(H,7,8). The van der Waals surface area contributed by atoms with Crippen molar-refractivity contribution < 1.29 is 24.2 Å². The Hall–Kier alpha value is -1.26. The highest BCUT2D eigenvalue weighted by atomic mass is 16.8. The molecule has 0 aromatic rings. The molecule has 64 valence electrons. The number of carboxylic acid groups (broad SMARTS) is 1. The highest BCUT2D eigenvalue weighted by Gasteiger charge is 2.19. The molecule has 0 bridgehead atoms. The minimum Gasteiger partial charge on any atom is -0.449 e. The zero-order valence-electron chi connectivity index (χ0n) is 6.58. The first-order valence-corrected chi connectivity index (χ1v) is 2.95. The first kappa shape index (κ1) is 9.74. The van der Waals surface area contributed by atoms with Crippen molar-refractivity contribution >= 4 is 12.3 Å². The van der Waals surface area contributed by atoms with Crippen molar-refractivity contribution in [3.63, 3.8) is 0 Å². The molecule has 0 aliphatic carbocycles. The fourth-order valence-electron chi connectivity index (χ4n) is 0.342. The molecule has 5 nitrogen and oxygen atoms in total. The summed E-state index contributed by atoms with van der Waals surface area (Å²) in [5.41, 5.74) is -0.730. The lowest BCUT2D eigenvalue weighted by atomic mass is 10.2. The highest BCUT2D eigenvalue weighted by molar-refractivity contribution is 5.75. The van der Waals surface area contributed by atoms with E-state index in [1.807, 2.05) is 0 Å². The Morgan fingerprint density at radius 1 is 1.27 bits per heavy atom. The summed E-state index contributed by atoms with van der Waals surface area (Å²) in [6.07, 6.45) is -2.87. The molecule has 0 amide bonds. The number of hydrogen-bond acceptors (Lipinski definition) is 4. The van der Waals surface area contributed by atoms with Crippen LogP contribution in [-0.4, -0.2) is 23.0 Å². The quantitative estimate of drug-likeness (QED) is 0.432. The summed E-state index contributed by atoms with van der Waals surface area (Å²) in [7, 11) is 0. The maximum absolute atomic E-state index is 10.4. The Labute approximate surface area is 63.9 Å². The van der Waals surface area contributed by atoms with E-state index in [1.54, 1.807) is 20.8 Å². The van der Waals surface area contributed by atoms with E-state index < -0.39 is 17.9 Å². The molecule has 5 heteroatoms. The minimum absolute atomic E-state index is 0.730. The topological polar surface area (TPSA) is 72.8 Å². The number of rotatable bonds is 0. The molecule has 11 heavy (non-hydrogen) atoms. The van der Waals surface area contributed by atoms with E-state index in [0.29, 0.717) is 0 Å². The summed E-state index contributed by atoms with van der Waals surface area (Å²) in [6.45, 7) is 4.82. The molecule has 0 saturated heterocycles. The van der Waals surface area contributed by atoms with Crippen LogP contribution in [0, 0.1) is 0 Å². The van der Waals surface area contributed by atoms with Crippen LogP contribution in [0.3, 0.4) is 0 Å². The van der Waals surface area contributed by atoms with E-state index in [9.17, 15) is 9.59 Å². The van der Waals surface area contributed by atoms with Gasteiger partial charge in [0, 0.05) is 0 Å². The predicted molar refractivity (Wildman–Crippen MR) is 35.3 cm³/mol. The van der Waals surface area contributed by atoms with Crippen molar-refractivity contribution in [1.29, 1.82) is 0 Å². The van der Waals surface area contributed by atoms with Gasteiger partial charge >= 0.3 is 12.3 Å². The van der Waals surface area contributed by atoms with Crippen molar-refractivity contribution in [2.45, 2.75) is 26.4 Å². The van der Waals surface area contributed by atoms with Gasteiger partial charge in [-0.15, -0.1) is 0 Å². The van der Waals surface area contributed by atoms with Crippen molar-refractivity contribution in [1.82, 2.24) is 0 Å². The molecular weight excluding hydrogens is 152 g/mol. The van der Waals surface area contributed by atoms with Crippen molar-refractivity contribution in [3.05, 3.63) is 0 Å². The Balaban J connectivity index is 3.80. The first-order valence-electron chi connectivity index (χ1n) is 2.95. The van der Waals surface area contributed by atoms with Gasteiger partial charge in [0.1, 0.15) is 5.60 Å². The summed E-state index contributed by atoms with van der Waals surface area (Å²) in [4.78, 5) is 20.2. The Morgan fingerprint density at radius 2 is 1.73 bits per heavy atom. The lowest BCUT2D eigenvalue weighted by Gasteiger charge is -2.17. The lowest BCUT2D eigenvalue weighted by Crippen LogP contribution is -2.25. The Kier molecular flexibility index (Phi) is 2.86. The average molecular weight is 162 g/mol. The maximum Gasteiger partial charge on any atom is 0.519 e. The normalized spacial score (nSPS) is 10.5. The van der Waals surface area contributed by atoms with Gasteiger partial charge in [0.15, 0.2) is 0 Å². The van der Waals surface area contributed by atoms with Gasteiger partial charge < -0.3 is 14.6 Å². The monoisotopic (exact) mass is 162 g/mol. The molecule has 1 N–H and O–H groups in total. The summed E-state index contributed by atoms with van der Waals surface area (Å²) in [5, 5.41) is 7.96. The van der Waals surface area contributed by atoms with Gasteiger partial charge in [-0.25, -0.2) is 9.59 Å². The average Bonchev–Trinajstić information content (AvgIpc) is 1.53. The van der Waals surface area contributed by atoms with Gasteiger partial charge in [-0.1, -0.05) is 0 Å². The van der Waals surface area contributed by atoms with Crippen LogP contribution >= 0.6 is 0 Å². The molecule has 0 rings (SSSR count). The molecule has 0 fully saturated rings.